The number of nitrogens with zero attached hydrogens (tertiary/aromatic N) is 3. The van der Waals surface area contributed by atoms with Crippen molar-refractivity contribution in [2.24, 2.45) is 0 Å². The molecule has 0 radical (unpaired) electrons. The molecule has 4 aromatic rings. The Labute approximate surface area is 139 Å². The van der Waals surface area contributed by atoms with Crippen LogP contribution in [0.2, 0.25) is 0 Å². The lowest BCUT2D eigenvalue weighted by Crippen LogP contribution is -2.00. The molecule has 0 amide bonds. The molecular weight excluding hydrogens is 334 g/mol. The Hall–Kier alpha value is -2.96. The number of hydrogen-bond acceptors (Lipinski definition) is 2. The van der Waals surface area contributed by atoms with Crippen molar-refractivity contribution in [1.82, 2.24) is 14.5 Å². The van der Waals surface area contributed by atoms with Crippen LogP contribution in [-0.4, -0.2) is 14.5 Å². The zero-order valence-electron chi connectivity index (χ0n) is 13.0. The quantitative estimate of drug-likeness (QED) is 0.466. The molecule has 1 aromatic carbocycles. The number of aromatic nitrogens is 3. The lowest BCUT2D eigenvalue weighted by Gasteiger charge is -2.07. The second-order valence-corrected chi connectivity index (χ2v) is 5.67. The van der Waals surface area contributed by atoms with Crippen molar-refractivity contribution in [3.05, 3.63) is 59.9 Å². The molecule has 0 aliphatic rings. The maximum absolute atomic E-state index is 13.8. The Balaban J connectivity index is 2.03. The van der Waals surface area contributed by atoms with E-state index in [0.717, 1.165) is 16.7 Å². The standard InChI is InChI=1S/C18H11F4N3/c1-9-13(19)6-10(7-14(9)20)15-3-2-11-12-8-23-5-4-16(12)25(18(21)22)17(11)24-15/h2-8,18H,1H3. The fourth-order valence-electron chi connectivity index (χ4n) is 2.91. The summed E-state index contributed by atoms with van der Waals surface area (Å²) in [6.45, 7) is -1.48. The van der Waals surface area contributed by atoms with E-state index in [1.165, 1.54) is 25.4 Å². The highest BCUT2D eigenvalue weighted by Crippen LogP contribution is 2.33. The summed E-state index contributed by atoms with van der Waals surface area (Å²) in [5.41, 5.74) is 0.634. The molecule has 0 spiro atoms. The highest BCUT2D eigenvalue weighted by molar-refractivity contribution is 6.06. The van der Waals surface area contributed by atoms with Crippen molar-refractivity contribution in [3.8, 4) is 11.3 Å². The van der Waals surface area contributed by atoms with Gasteiger partial charge in [-0.1, -0.05) is 0 Å². The van der Waals surface area contributed by atoms with Crippen molar-refractivity contribution < 1.29 is 17.6 Å². The normalized spacial score (nSPS) is 11.8. The smallest absolute Gasteiger partial charge is 0.268 e. The number of fused-ring (bicyclic) bond motifs is 3. The van der Waals surface area contributed by atoms with E-state index in [9.17, 15) is 17.6 Å². The fourth-order valence-corrected chi connectivity index (χ4v) is 2.91. The largest absolute Gasteiger partial charge is 0.320 e. The second-order valence-electron chi connectivity index (χ2n) is 5.67. The fraction of sp³-hybridized carbons (Fsp3) is 0.111. The van der Waals surface area contributed by atoms with Crippen molar-refractivity contribution in [3.63, 3.8) is 0 Å². The maximum atomic E-state index is 13.8. The molecule has 0 fully saturated rings. The first-order valence-electron chi connectivity index (χ1n) is 7.46. The summed E-state index contributed by atoms with van der Waals surface area (Å²) < 4.78 is 55.5. The number of benzene rings is 1. The number of hydrogen-bond donors (Lipinski definition) is 0. The van der Waals surface area contributed by atoms with Gasteiger partial charge in [0.2, 0.25) is 0 Å². The van der Waals surface area contributed by atoms with E-state index in [-0.39, 0.29) is 22.5 Å². The minimum atomic E-state index is -2.81. The van der Waals surface area contributed by atoms with Crippen LogP contribution in [0, 0.1) is 18.6 Å². The van der Waals surface area contributed by atoms with Gasteiger partial charge in [-0.3, -0.25) is 9.55 Å². The number of pyridine rings is 2. The SMILES string of the molecule is Cc1c(F)cc(-c2ccc3c4cnccc4n(C(F)F)c3n2)cc1F. The second kappa shape index (κ2) is 5.54. The highest BCUT2D eigenvalue weighted by Gasteiger charge is 2.19. The molecule has 0 saturated carbocycles. The van der Waals surface area contributed by atoms with Crippen LogP contribution in [0.25, 0.3) is 33.2 Å². The molecule has 3 nitrogen and oxygen atoms in total. The molecule has 0 N–H and O–H groups in total. The summed E-state index contributed by atoms with van der Waals surface area (Å²) in [5.74, 6) is -1.42. The Morgan fingerprint density at radius 2 is 1.72 bits per heavy atom. The van der Waals surface area contributed by atoms with Crippen molar-refractivity contribution in [2.45, 2.75) is 13.5 Å². The molecule has 0 aliphatic carbocycles. The number of alkyl halides is 2. The minimum absolute atomic E-state index is 0.0388. The van der Waals surface area contributed by atoms with E-state index >= 15 is 0 Å². The van der Waals surface area contributed by atoms with Crippen LogP contribution >= 0.6 is 0 Å². The molecule has 3 aromatic heterocycles. The van der Waals surface area contributed by atoms with Gasteiger partial charge in [-0.2, -0.15) is 8.78 Å². The van der Waals surface area contributed by atoms with Gasteiger partial charge in [0.25, 0.3) is 0 Å². The van der Waals surface area contributed by atoms with Gasteiger partial charge in [-0.05, 0) is 37.3 Å². The van der Waals surface area contributed by atoms with Gasteiger partial charge in [0.1, 0.15) is 17.3 Å². The molecule has 25 heavy (non-hydrogen) atoms. The van der Waals surface area contributed by atoms with E-state index in [2.05, 4.69) is 9.97 Å². The number of halogens is 4. The van der Waals surface area contributed by atoms with Crippen LogP contribution in [0.1, 0.15) is 12.1 Å². The average Bonchev–Trinajstić information content (AvgIpc) is 2.93. The van der Waals surface area contributed by atoms with Gasteiger partial charge in [0.15, 0.2) is 0 Å². The van der Waals surface area contributed by atoms with Crippen LogP contribution in [0.4, 0.5) is 17.6 Å². The van der Waals surface area contributed by atoms with Crippen LogP contribution < -0.4 is 0 Å². The molecule has 7 heteroatoms. The summed E-state index contributed by atoms with van der Waals surface area (Å²) in [7, 11) is 0. The molecule has 0 aliphatic heterocycles. The van der Waals surface area contributed by atoms with E-state index in [0.29, 0.717) is 16.3 Å². The first-order valence-corrected chi connectivity index (χ1v) is 7.46. The van der Waals surface area contributed by atoms with Crippen LogP contribution in [-0.2, 0) is 0 Å². The van der Waals surface area contributed by atoms with Gasteiger partial charge in [0.05, 0.1) is 11.2 Å². The molecular formula is C18H11F4N3. The average molecular weight is 345 g/mol. The van der Waals surface area contributed by atoms with Gasteiger partial charge in [0, 0.05) is 34.3 Å². The van der Waals surface area contributed by atoms with E-state index < -0.39 is 18.2 Å². The summed E-state index contributed by atoms with van der Waals surface area (Å²) in [6, 6.07) is 6.92. The van der Waals surface area contributed by atoms with E-state index in [4.69, 9.17) is 0 Å². The predicted molar refractivity (Wildman–Crippen MR) is 86.4 cm³/mol. The summed E-state index contributed by atoms with van der Waals surface area (Å²) >= 11 is 0. The highest BCUT2D eigenvalue weighted by atomic mass is 19.3. The first-order chi connectivity index (χ1) is 12.0. The van der Waals surface area contributed by atoms with Gasteiger partial charge in [-0.25, -0.2) is 13.8 Å². The predicted octanol–water partition coefficient (Wildman–Crippen LogP) is 5.23. The monoisotopic (exact) mass is 345 g/mol. The van der Waals surface area contributed by atoms with Crippen molar-refractivity contribution in [2.75, 3.05) is 0 Å². The van der Waals surface area contributed by atoms with E-state index in [1.807, 2.05) is 0 Å². The molecule has 0 unspecified atom stereocenters. The van der Waals surface area contributed by atoms with Crippen molar-refractivity contribution >= 4 is 21.9 Å². The summed E-state index contributed by atoms with van der Waals surface area (Å²) in [4.78, 5) is 8.20. The zero-order chi connectivity index (χ0) is 17.7. The first kappa shape index (κ1) is 15.6. The lowest BCUT2D eigenvalue weighted by atomic mass is 10.1. The topological polar surface area (TPSA) is 30.7 Å². The van der Waals surface area contributed by atoms with Gasteiger partial charge < -0.3 is 0 Å². The maximum Gasteiger partial charge on any atom is 0.320 e. The third kappa shape index (κ3) is 2.34. The summed E-state index contributed by atoms with van der Waals surface area (Å²) in [5, 5.41) is 1.04. The number of rotatable bonds is 2. The Morgan fingerprint density at radius 3 is 2.40 bits per heavy atom. The molecule has 0 saturated heterocycles. The Bertz CT molecular complexity index is 1100. The third-order valence-corrected chi connectivity index (χ3v) is 4.22. The zero-order valence-corrected chi connectivity index (χ0v) is 13.0. The third-order valence-electron chi connectivity index (χ3n) is 4.22. The van der Waals surface area contributed by atoms with Gasteiger partial charge in [-0.15, -0.1) is 0 Å². The molecule has 3 heterocycles. The lowest BCUT2D eigenvalue weighted by molar-refractivity contribution is 0.0791. The van der Waals surface area contributed by atoms with Crippen LogP contribution in [0.3, 0.4) is 0 Å². The van der Waals surface area contributed by atoms with Crippen LogP contribution in [0.5, 0.6) is 0 Å². The van der Waals surface area contributed by atoms with Gasteiger partial charge >= 0.3 is 6.55 Å². The van der Waals surface area contributed by atoms with Crippen LogP contribution in [0.15, 0.2) is 42.7 Å². The molecule has 0 atom stereocenters. The Kier molecular flexibility index (Phi) is 3.45. The molecule has 0 bridgehead atoms. The van der Waals surface area contributed by atoms with E-state index in [1.54, 1.807) is 12.1 Å². The molecule has 126 valence electrons. The Morgan fingerprint density at radius 1 is 1.00 bits per heavy atom. The summed E-state index contributed by atoms with van der Waals surface area (Å²) in [6.07, 6.45) is 2.91. The van der Waals surface area contributed by atoms with Crippen molar-refractivity contribution in [1.29, 1.82) is 0 Å². The minimum Gasteiger partial charge on any atom is -0.268 e. The molecule has 4 rings (SSSR count).